The van der Waals surface area contributed by atoms with E-state index < -0.39 is 21.7 Å². The molecule has 0 saturated carbocycles. The van der Waals surface area contributed by atoms with Gasteiger partial charge in [-0.2, -0.15) is 0 Å². The standard InChI is InChI=1S/C8H8N4O4S3/c1-2-4-10-11-8(18-4)12-19(15,16)7-5(6(13)14)9-3-17-7/h3H,2H2,1H3,(H,11,12)(H,13,14). The van der Waals surface area contributed by atoms with Gasteiger partial charge in [0.25, 0.3) is 10.0 Å². The maximum atomic E-state index is 12.0. The van der Waals surface area contributed by atoms with Crippen molar-refractivity contribution in [3.8, 4) is 0 Å². The fourth-order valence-corrected chi connectivity index (χ4v) is 4.22. The molecule has 2 aromatic heterocycles. The third-order valence-corrected chi connectivity index (χ3v) is 5.79. The van der Waals surface area contributed by atoms with Crippen molar-refractivity contribution in [1.82, 2.24) is 15.2 Å². The summed E-state index contributed by atoms with van der Waals surface area (Å²) in [6.07, 6.45) is 0.639. The van der Waals surface area contributed by atoms with Gasteiger partial charge >= 0.3 is 5.97 Å². The summed E-state index contributed by atoms with van der Waals surface area (Å²) in [5, 5.41) is 17.1. The highest BCUT2D eigenvalue weighted by atomic mass is 32.2. The summed E-state index contributed by atoms with van der Waals surface area (Å²) in [4.78, 5) is 14.4. The molecule has 0 aliphatic rings. The molecule has 0 aliphatic heterocycles. The number of anilines is 1. The van der Waals surface area contributed by atoms with Crippen molar-refractivity contribution in [2.24, 2.45) is 0 Å². The van der Waals surface area contributed by atoms with Crippen LogP contribution in [-0.4, -0.2) is 34.7 Å². The number of aromatic carboxylic acids is 1. The minimum absolute atomic E-state index is 0.0987. The van der Waals surface area contributed by atoms with E-state index in [-0.39, 0.29) is 9.34 Å². The summed E-state index contributed by atoms with van der Waals surface area (Å²) >= 11 is 1.83. The average molecular weight is 320 g/mol. The summed E-state index contributed by atoms with van der Waals surface area (Å²) in [6, 6.07) is 0. The van der Waals surface area contributed by atoms with E-state index in [4.69, 9.17) is 5.11 Å². The number of thiazole rings is 1. The van der Waals surface area contributed by atoms with Crippen molar-refractivity contribution in [1.29, 1.82) is 0 Å². The number of nitrogens with one attached hydrogen (secondary N) is 1. The lowest BCUT2D eigenvalue weighted by atomic mass is 10.5. The van der Waals surface area contributed by atoms with Crippen LogP contribution in [0.3, 0.4) is 0 Å². The number of aryl methyl sites for hydroxylation is 1. The lowest BCUT2D eigenvalue weighted by molar-refractivity contribution is 0.0687. The quantitative estimate of drug-likeness (QED) is 0.844. The highest BCUT2D eigenvalue weighted by Crippen LogP contribution is 2.24. The molecular weight excluding hydrogens is 312 g/mol. The van der Waals surface area contributed by atoms with Crippen LogP contribution in [0.4, 0.5) is 5.13 Å². The second kappa shape index (κ2) is 5.19. The third kappa shape index (κ3) is 2.88. The summed E-state index contributed by atoms with van der Waals surface area (Å²) in [5.41, 5.74) is 0.660. The second-order valence-corrected chi connectivity index (χ2v) is 7.05. The predicted molar refractivity (Wildman–Crippen MR) is 69.2 cm³/mol. The SMILES string of the molecule is CCc1nnc(NS(=O)(=O)c2scnc2C(=O)O)s1. The van der Waals surface area contributed by atoms with Gasteiger partial charge in [0.1, 0.15) is 5.01 Å². The summed E-state index contributed by atoms with van der Waals surface area (Å²) in [6.45, 7) is 1.87. The lowest BCUT2D eigenvalue weighted by Crippen LogP contribution is -2.15. The molecule has 8 nitrogen and oxygen atoms in total. The molecule has 2 N–H and O–H groups in total. The molecule has 0 radical (unpaired) electrons. The van der Waals surface area contributed by atoms with Gasteiger partial charge in [-0.1, -0.05) is 18.3 Å². The molecule has 2 rings (SSSR count). The molecule has 0 atom stereocenters. The zero-order valence-electron chi connectivity index (χ0n) is 9.52. The number of hydrogen-bond donors (Lipinski definition) is 2. The Kier molecular flexibility index (Phi) is 3.78. The normalized spacial score (nSPS) is 11.4. The Morgan fingerprint density at radius 1 is 1.47 bits per heavy atom. The van der Waals surface area contributed by atoms with E-state index in [1.165, 1.54) is 0 Å². The first-order valence-electron chi connectivity index (χ1n) is 4.96. The van der Waals surface area contributed by atoms with E-state index in [0.717, 1.165) is 28.2 Å². The zero-order chi connectivity index (χ0) is 14.0. The third-order valence-electron chi connectivity index (χ3n) is 1.97. The summed E-state index contributed by atoms with van der Waals surface area (Å²) in [5.74, 6) is -1.40. The highest BCUT2D eigenvalue weighted by Gasteiger charge is 2.26. The molecule has 0 saturated heterocycles. The fraction of sp³-hybridized carbons (Fsp3) is 0.250. The number of hydrogen-bond acceptors (Lipinski definition) is 8. The average Bonchev–Trinajstić information content (AvgIpc) is 2.95. The van der Waals surface area contributed by atoms with Gasteiger partial charge in [0.05, 0.1) is 5.51 Å². The van der Waals surface area contributed by atoms with Crippen molar-refractivity contribution < 1.29 is 18.3 Å². The van der Waals surface area contributed by atoms with Crippen LogP contribution < -0.4 is 4.72 Å². The Morgan fingerprint density at radius 2 is 2.21 bits per heavy atom. The van der Waals surface area contributed by atoms with Gasteiger partial charge in [-0.25, -0.2) is 18.2 Å². The van der Waals surface area contributed by atoms with Gasteiger partial charge in [-0.15, -0.1) is 21.5 Å². The van der Waals surface area contributed by atoms with Crippen molar-refractivity contribution >= 4 is 43.8 Å². The van der Waals surface area contributed by atoms with Crippen molar-refractivity contribution in [3.05, 3.63) is 16.2 Å². The molecule has 2 heterocycles. The monoisotopic (exact) mass is 320 g/mol. The van der Waals surface area contributed by atoms with Crippen LogP contribution in [0, 0.1) is 0 Å². The van der Waals surface area contributed by atoms with Gasteiger partial charge in [-0.05, 0) is 6.42 Å². The largest absolute Gasteiger partial charge is 0.476 e. The smallest absolute Gasteiger partial charge is 0.356 e. The van der Waals surface area contributed by atoms with Crippen LogP contribution in [0.5, 0.6) is 0 Å². The Labute approximate surface area is 116 Å². The number of sulfonamides is 1. The van der Waals surface area contributed by atoms with E-state index in [1.54, 1.807) is 0 Å². The molecule has 11 heteroatoms. The van der Waals surface area contributed by atoms with Crippen molar-refractivity contribution in [2.45, 2.75) is 17.6 Å². The van der Waals surface area contributed by atoms with Crippen molar-refractivity contribution in [3.63, 3.8) is 0 Å². The van der Waals surface area contributed by atoms with Crippen LogP contribution in [0.1, 0.15) is 22.4 Å². The molecular formula is C8H8N4O4S3. The molecule has 0 aliphatic carbocycles. The highest BCUT2D eigenvalue weighted by molar-refractivity contribution is 7.94. The van der Waals surface area contributed by atoms with E-state index in [1.807, 2.05) is 6.92 Å². The number of aromatic nitrogens is 3. The first kappa shape index (κ1) is 13.8. The van der Waals surface area contributed by atoms with Gasteiger partial charge in [0.15, 0.2) is 9.90 Å². The van der Waals surface area contributed by atoms with E-state index in [2.05, 4.69) is 19.9 Å². The molecule has 0 amide bonds. The molecule has 2 aromatic rings. The van der Waals surface area contributed by atoms with Crippen LogP contribution in [0.15, 0.2) is 9.72 Å². The van der Waals surface area contributed by atoms with Gasteiger partial charge in [0.2, 0.25) is 5.13 Å². The maximum absolute atomic E-state index is 12.0. The van der Waals surface area contributed by atoms with E-state index in [9.17, 15) is 13.2 Å². The van der Waals surface area contributed by atoms with Crippen LogP contribution >= 0.6 is 22.7 Å². The first-order valence-corrected chi connectivity index (χ1v) is 8.14. The number of carbonyl (C=O) groups is 1. The van der Waals surface area contributed by atoms with Gasteiger partial charge in [-0.3, -0.25) is 4.72 Å². The molecule has 102 valence electrons. The molecule has 0 fully saturated rings. The molecule has 0 bridgehead atoms. The van der Waals surface area contributed by atoms with E-state index in [0.29, 0.717) is 11.4 Å². The number of rotatable bonds is 5. The molecule has 0 spiro atoms. The Balaban J connectivity index is 2.32. The topological polar surface area (TPSA) is 122 Å². The van der Waals surface area contributed by atoms with E-state index >= 15 is 0 Å². The fourth-order valence-electron chi connectivity index (χ4n) is 1.17. The van der Waals surface area contributed by atoms with Crippen molar-refractivity contribution in [2.75, 3.05) is 4.72 Å². The van der Waals surface area contributed by atoms with Gasteiger partial charge in [0, 0.05) is 0 Å². The van der Waals surface area contributed by atoms with Crippen LogP contribution in [0.25, 0.3) is 0 Å². The van der Waals surface area contributed by atoms with Crippen LogP contribution in [0.2, 0.25) is 0 Å². The first-order chi connectivity index (χ1) is 8.94. The Morgan fingerprint density at radius 3 is 2.79 bits per heavy atom. The number of nitrogens with zero attached hydrogens (tertiary/aromatic N) is 3. The Hall–Kier alpha value is -1.59. The van der Waals surface area contributed by atoms with Crippen LogP contribution in [-0.2, 0) is 16.4 Å². The maximum Gasteiger partial charge on any atom is 0.356 e. The lowest BCUT2D eigenvalue weighted by Gasteiger charge is -2.02. The number of carboxylic acid groups (broad SMARTS) is 1. The summed E-state index contributed by atoms with van der Waals surface area (Å²) in [7, 11) is -4.01. The van der Waals surface area contributed by atoms with Gasteiger partial charge < -0.3 is 5.11 Å². The summed E-state index contributed by atoms with van der Waals surface area (Å²) < 4.78 is 25.9. The predicted octanol–water partition coefficient (Wildman–Crippen LogP) is 1.06. The minimum Gasteiger partial charge on any atom is -0.476 e. The second-order valence-electron chi connectivity index (χ2n) is 3.25. The number of carboxylic acids is 1. The molecule has 0 unspecified atom stereocenters. The Bertz CT molecular complexity index is 705. The zero-order valence-corrected chi connectivity index (χ0v) is 12.0. The minimum atomic E-state index is -4.01. The molecule has 19 heavy (non-hydrogen) atoms. The molecule has 0 aromatic carbocycles.